The zero-order valence-electron chi connectivity index (χ0n) is 11.0. The van der Waals surface area contributed by atoms with Gasteiger partial charge in [-0.2, -0.15) is 0 Å². The Kier molecular flexibility index (Phi) is 3.27. The van der Waals surface area contributed by atoms with Crippen LogP contribution in [-0.4, -0.2) is 29.1 Å². The first-order valence-electron chi connectivity index (χ1n) is 6.81. The summed E-state index contributed by atoms with van der Waals surface area (Å²) in [5, 5.41) is 10.0. The van der Waals surface area contributed by atoms with Crippen LogP contribution in [-0.2, 0) is 11.2 Å². The number of nitrogens with zero attached hydrogens (tertiary/aromatic N) is 1. The van der Waals surface area contributed by atoms with E-state index in [2.05, 4.69) is 11.0 Å². The number of halogens is 1. The maximum Gasteiger partial charge on any atom is 0.308 e. The summed E-state index contributed by atoms with van der Waals surface area (Å²) in [6.45, 7) is 3.59. The van der Waals surface area contributed by atoms with E-state index in [0.717, 1.165) is 24.4 Å². The molecule has 0 aromatic heterocycles. The molecule has 3 nitrogen and oxygen atoms in total. The van der Waals surface area contributed by atoms with E-state index in [4.69, 9.17) is 11.6 Å². The van der Waals surface area contributed by atoms with Crippen LogP contribution >= 0.6 is 11.6 Å². The Balaban J connectivity index is 1.81. The smallest absolute Gasteiger partial charge is 0.308 e. The van der Waals surface area contributed by atoms with Crippen LogP contribution in [0.1, 0.15) is 30.5 Å². The number of aliphatic carboxylic acids is 1. The van der Waals surface area contributed by atoms with Crippen molar-refractivity contribution >= 4 is 17.6 Å². The molecule has 0 radical (unpaired) electrons. The molecule has 1 saturated heterocycles. The average molecular weight is 280 g/mol. The van der Waals surface area contributed by atoms with Gasteiger partial charge in [-0.15, -0.1) is 0 Å². The van der Waals surface area contributed by atoms with Crippen molar-refractivity contribution in [3.05, 3.63) is 34.3 Å². The van der Waals surface area contributed by atoms with Crippen LogP contribution in [0, 0.1) is 11.8 Å². The number of fused-ring (bicyclic) bond motifs is 1. The van der Waals surface area contributed by atoms with Gasteiger partial charge < -0.3 is 5.11 Å². The Labute approximate surface area is 118 Å². The van der Waals surface area contributed by atoms with Crippen LogP contribution in [0.25, 0.3) is 0 Å². The molecule has 1 N–H and O–H groups in total. The Morgan fingerprint density at radius 3 is 2.89 bits per heavy atom. The number of carboxylic acids is 1. The summed E-state index contributed by atoms with van der Waals surface area (Å²) in [4.78, 5) is 13.6. The van der Waals surface area contributed by atoms with Crippen molar-refractivity contribution in [1.82, 2.24) is 4.90 Å². The number of carbonyl (C=O) groups is 1. The Bertz CT molecular complexity index is 517. The topological polar surface area (TPSA) is 40.5 Å². The minimum Gasteiger partial charge on any atom is -0.481 e. The SMILES string of the molecule is CC1CN(C2CCc3cc(Cl)ccc32)CC1C(=O)O. The number of benzene rings is 1. The largest absolute Gasteiger partial charge is 0.481 e. The van der Waals surface area contributed by atoms with E-state index in [9.17, 15) is 9.90 Å². The lowest BCUT2D eigenvalue weighted by Gasteiger charge is -2.24. The van der Waals surface area contributed by atoms with Gasteiger partial charge in [-0.3, -0.25) is 9.69 Å². The fourth-order valence-electron chi connectivity index (χ4n) is 3.52. The van der Waals surface area contributed by atoms with Gasteiger partial charge in [0.15, 0.2) is 0 Å². The average Bonchev–Trinajstić information content (AvgIpc) is 2.91. The summed E-state index contributed by atoms with van der Waals surface area (Å²) in [6.07, 6.45) is 2.12. The molecule has 1 fully saturated rings. The molecule has 0 saturated carbocycles. The standard InChI is InChI=1S/C15H18ClNO2/c1-9-7-17(8-13(9)15(18)19)14-5-2-10-6-11(16)3-4-12(10)14/h3-4,6,9,13-14H,2,5,7-8H2,1H3,(H,18,19). The number of hydrogen-bond donors (Lipinski definition) is 1. The lowest BCUT2D eigenvalue weighted by Crippen LogP contribution is -2.26. The fourth-order valence-corrected chi connectivity index (χ4v) is 3.72. The van der Waals surface area contributed by atoms with Gasteiger partial charge in [0.05, 0.1) is 5.92 Å². The first-order chi connectivity index (χ1) is 9.06. The Morgan fingerprint density at radius 1 is 1.42 bits per heavy atom. The maximum atomic E-state index is 11.2. The van der Waals surface area contributed by atoms with E-state index in [1.807, 2.05) is 19.1 Å². The molecular weight excluding hydrogens is 262 g/mol. The predicted octanol–water partition coefficient (Wildman–Crippen LogP) is 2.98. The van der Waals surface area contributed by atoms with E-state index in [1.165, 1.54) is 11.1 Å². The third-order valence-electron chi connectivity index (χ3n) is 4.55. The summed E-state index contributed by atoms with van der Waals surface area (Å²) in [5.41, 5.74) is 2.66. The molecule has 1 aromatic carbocycles. The highest BCUT2D eigenvalue weighted by Gasteiger charge is 2.39. The second-order valence-electron chi connectivity index (χ2n) is 5.77. The van der Waals surface area contributed by atoms with Crippen molar-refractivity contribution in [2.75, 3.05) is 13.1 Å². The van der Waals surface area contributed by atoms with E-state index in [1.54, 1.807) is 0 Å². The van der Waals surface area contributed by atoms with E-state index >= 15 is 0 Å². The minimum atomic E-state index is -0.663. The summed E-state index contributed by atoms with van der Waals surface area (Å²) >= 11 is 6.03. The van der Waals surface area contributed by atoms with Crippen molar-refractivity contribution in [2.45, 2.75) is 25.8 Å². The highest BCUT2D eigenvalue weighted by atomic mass is 35.5. The predicted molar refractivity (Wildman–Crippen MR) is 74.4 cm³/mol. The number of carboxylic acid groups (broad SMARTS) is 1. The molecule has 1 heterocycles. The summed E-state index contributed by atoms with van der Waals surface area (Å²) in [5.74, 6) is -0.658. The van der Waals surface area contributed by atoms with Crippen molar-refractivity contribution in [1.29, 1.82) is 0 Å². The van der Waals surface area contributed by atoms with Crippen molar-refractivity contribution in [3.8, 4) is 0 Å². The molecule has 19 heavy (non-hydrogen) atoms. The molecule has 0 amide bonds. The van der Waals surface area contributed by atoms with Crippen LogP contribution in [0.4, 0.5) is 0 Å². The van der Waals surface area contributed by atoms with Crippen molar-refractivity contribution < 1.29 is 9.90 Å². The molecular formula is C15H18ClNO2. The van der Waals surface area contributed by atoms with Gasteiger partial charge in [-0.25, -0.2) is 0 Å². The molecule has 0 spiro atoms. The van der Waals surface area contributed by atoms with Gasteiger partial charge in [0, 0.05) is 24.2 Å². The van der Waals surface area contributed by atoms with Crippen LogP contribution in [0.3, 0.4) is 0 Å². The van der Waals surface area contributed by atoms with Gasteiger partial charge >= 0.3 is 5.97 Å². The molecule has 2 aliphatic rings. The van der Waals surface area contributed by atoms with Gasteiger partial charge in [0.1, 0.15) is 0 Å². The highest BCUT2D eigenvalue weighted by Crippen LogP contribution is 2.40. The molecule has 3 unspecified atom stereocenters. The normalized spacial score (nSPS) is 30.5. The van der Waals surface area contributed by atoms with E-state index < -0.39 is 5.97 Å². The van der Waals surface area contributed by atoms with Crippen LogP contribution in [0.2, 0.25) is 5.02 Å². The molecule has 102 valence electrons. The van der Waals surface area contributed by atoms with Crippen molar-refractivity contribution in [3.63, 3.8) is 0 Å². The first-order valence-corrected chi connectivity index (χ1v) is 7.19. The van der Waals surface area contributed by atoms with Gasteiger partial charge in [-0.1, -0.05) is 24.6 Å². The molecule has 1 aliphatic carbocycles. The van der Waals surface area contributed by atoms with Gasteiger partial charge in [-0.05, 0) is 42.0 Å². The van der Waals surface area contributed by atoms with Crippen LogP contribution < -0.4 is 0 Å². The zero-order valence-corrected chi connectivity index (χ0v) is 11.7. The minimum absolute atomic E-state index is 0.226. The number of rotatable bonds is 2. The molecule has 4 heteroatoms. The second-order valence-corrected chi connectivity index (χ2v) is 6.21. The number of likely N-dealkylation sites (tertiary alicyclic amines) is 1. The molecule has 0 bridgehead atoms. The van der Waals surface area contributed by atoms with Gasteiger partial charge in [0.25, 0.3) is 0 Å². The maximum absolute atomic E-state index is 11.2. The van der Waals surface area contributed by atoms with Crippen LogP contribution in [0.5, 0.6) is 0 Å². The summed E-state index contributed by atoms with van der Waals surface area (Å²) in [7, 11) is 0. The Morgan fingerprint density at radius 2 is 2.21 bits per heavy atom. The fraction of sp³-hybridized carbons (Fsp3) is 0.533. The molecule has 1 aromatic rings. The van der Waals surface area contributed by atoms with Gasteiger partial charge in [0.2, 0.25) is 0 Å². The Hall–Kier alpha value is -1.06. The number of aryl methyl sites for hydroxylation is 1. The third kappa shape index (κ3) is 2.26. The second kappa shape index (κ2) is 4.80. The van der Waals surface area contributed by atoms with E-state index in [-0.39, 0.29) is 11.8 Å². The lowest BCUT2D eigenvalue weighted by atomic mass is 9.99. The monoisotopic (exact) mass is 279 g/mol. The molecule has 1 aliphatic heterocycles. The highest BCUT2D eigenvalue weighted by molar-refractivity contribution is 6.30. The molecule has 3 atom stereocenters. The lowest BCUT2D eigenvalue weighted by molar-refractivity contribution is -0.142. The first kappa shape index (κ1) is 12.9. The van der Waals surface area contributed by atoms with E-state index in [0.29, 0.717) is 12.6 Å². The molecule has 3 rings (SSSR count). The third-order valence-corrected chi connectivity index (χ3v) is 4.78. The van der Waals surface area contributed by atoms with Crippen LogP contribution in [0.15, 0.2) is 18.2 Å². The summed E-state index contributed by atoms with van der Waals surface area (Å²) in [6, 6.07) is 6.46. The summed E-state index contributed by atoms with van der Waals surface area (Å²) < 4.78 is 0. The zero-order chi connectivity index (χ0) is 13.6. The number of hydrogen-bond acceptors (Lipinski definition) is 2. The quantitative estimate of drug-likeness (QED) is 0.905. The van der Waals surface area contributed by atoms with Crippen molar-refractivity contribution in [2.24, 2.45) is 11.8 Å².